The Hall–Kier alpha value is -3.35. The Labute approximate surface area is 177 Å². The number of alkyl halides is 3. The summed E-state index contributed by atoms with van der Waals surface area (Å²) in [7, 11) is 0. The third kappa shape index (κ3) is 6.84. The van der Waals surface area contributed by atoms with Crippen LogP contribution in [0.1, 0.15) is 12.5 Å². The molecule has 0 radical (unpaired) electrons. The molecule has 0 spiro atoms. The van der Waals surface area contributed by atoms with Crippen LogP contribution in [-0.2, 0) is 15.8 Å². The SMILES string of the molecule is CC(Oc1ccccc1F)C(=O)NNC(=O)CSc1ccc(C(F)(F)F)cc1[N+](=O)[O-]. The van der Waals surface area contributed by atoms with Crippen LogP contribution in [0, 0.1) is 15.9 Å². The van der Waals surface area contributed by atoms with Gasteiger partial charge in [-0.2, -0.15) is 13.2 Å². The quantitative estimate of drug-likeness (QED) is 0.283. The fraction of sp³-hybridized carbons (Fsp3) is 0.222. The number of ether oxygens (including phenoxy) is 1. The van der Waals surface area contributed by atoms with E-state index in [9.17, 15) is 37.3 Å². The second kappa shape index (κ2) is 10.1. The molecule has 166 valence electrons. The summed E-state index contributed by atoms with van der Waals surface area (Å²) in [5.74, 6) is -2.87. The molecule has 0 aromatic heterocycles. The van der Waals surface area contributed by atoms with Gasteiger partial charge in [-0.1, -0.05) is 12.1 Å². The Morgan fingerprint density at radius 2 is 1.87 bits per heavy atom. The zero-order valence-corrected chi connectivity index (χ0v) is 16.6. The first-order valence-corrected chi connectivity index (χ1v) is 9.46. The van der Waals surface area contributed by atoms with Crippen molar-refractivity contribution >= 4 is 29.3 Å². The van der Waals surface area contributed by atoms with Crippen LogP contribution in [-0.4, -0.2) is 28.6 Å². The molecule has 8 nitrogen and oxygen atoms in total. The van der Waals surface area contributed by atoms with E-state index in [0.29, 0.717) is 23.9 Å². The fourth-order valence-electron chi connectivity index (χ4n) is 2.16. The van der Waals surface area contributed by atoms with Gasteiger partial charge in [-0.3, -0.25) is 30.6 Å². The highest BCUT2D eigenvalue weighted by atomic mass is 32.2. The maximum atomic E-state index is 13.5. The molecule has 13 heteroatoms. The lowest BCUT2D eigenvalue weighted by molar-refractivity contribution is -0.388. The van der Waals surface area contributed by atoms with E-state index >= 15 is 0 Å². The molecule has 31 heavy (non-hydrogen) atoms. The van der Waals surface area contributed by atoms with E-state index < -0.39 is 51.8 Å². The van der Waals surface area contributed by atoms with Gasteiger partial charge in [0.15, 0.2) is 17.7 Å². The zero-order valence-electron chi connectivity index (χ0n) is 15.7. The van der Waals surface area contributed by atoms with Crippen molar-refractivity contribution < 1.29 is 36.8 Å². The second-order valence-electron chi connectivity index (χ2n) is 5.95. The van der Waals surface area contributed by atoms with Gasteiger partial charge < -0.3 is 4.74 Å². The number of rotatable bonds is 7. The second-order valence-corrected chi connectivity index (χ2v) is 6.97. The number of hydrogen-bond donors (Lipinski definition) is 2. The average molecular weight is 461 g/mol. The maximum Gasteiger partial charge on any atom is 0.416 e. The summed E-state index contributed by atoms with van der Waals surface area (Å²) in [6.07, 6.45) is -5.92. The summed E-state index contributed by atoms with van der Waals surface area (Å²) < 4.78 is 56.8. The lowest BCUT2D eigenvalue weighted by Gasteiger charge is -2.15. The number of nitrogens with zero attached hydrogens (tertiary/aromatic N) is 1. The molecule has 2 amide bonds. The highest BCUT2D eigenvalue weighted by Gasteiger charge is 2.33. The van der Waals surface area contributed by atoms with Crippen LogP contribution in [0.15, 0.2) is 47.4 Å². The minimum atomic E-state index is -4.75. The van der Waals surface area contributed by atoms with E-state index in [0.717, 1.165) is 12.1 Å². The van der Waals surface area contributed by atoms with Crippen molar-refractivity contribution in [2.24, 2.45) is 0 Å². The molecule has 0 saturated carbocycles. The Kier molecular flexibility index (Phi) is 7.80. The van der Waals surface area contributed by atoms with E-state index in [1.165, 1.54) is 25.1 Å². The molecule has 0 fully saturated rings. The number of hydrazine groups is 1. The van der Waals surface area contributed by atoms with Gasteiger partial charge in [0.2, 0.25) is 5.91 Å². The number of amides is 2. The zero-order chi connectivity index (χ0) is 23.2. The predicted molar refractivity (Wildman–Crippen MR) is 102 cm³/mol. The molecule has 0 saturated heterocycles. The summed E-state index contributed by atoms with van der Waals surface area (Å²) in [4.78, 5) is 33.7. The van der Waals surface area contributed by atoms with Crippen molar-refractivity contribution in [3.05, 3.63) is 64.0 Å². The van der Waals surface area contributed by atoms with Crippen molar-refractivity contribution in [1.29, 1.82) is 0 Å². The Morgan fingerprint density at radius 1 is 1.19 bits per heavy atom. The summed E-state index contributed by atoms with van der Waals surface area (Å²) in [5.41, 5.74) is 2.09. The van der Waals surface area contributed by atoms with Gasteiger partial charge in [-0.15, -0.1) is 11.8 Å². The molecule has 0 aliphatic carbocycles. The van der Waals surface area contributed by atoms with Crippen molar-refractivity contribution in [2.45, 2.75) is 24.1 Å². The lowest BCUT2D eigenvalue weighted by atomic mass is 10.2. The number of carbonyl (C=O) groups is 2. The van der Waals surface area contributed by atoms with Gasteiger partial charge in [-0.05, 0) is 31.2 Å². The monoisotopic (exact) mass is 461 g/mol. The molecule has 2 aromatic rings. The highest BCUT2D eigenvalue weighted by Crippen LogP contribution is 2.36. The molecular formula is C18H15F4N3O5S. The molecule has 0 aliphatic heterocycles. The lowest BCUT2D eigenvalue weighted by Crippen LogP contribution is -2.47. The number of hydrogen-bond acceptors (Lipinski definition) is 6. The number of thioether (sulfide) groups is 1. The van der Waals surface area contributed by atoms with E-state index in [2.05, 4.69) is 0 Å². The molecule has 1 atom stereocenters. The van der Waals surface area contributed by atoms with Crippen LogP contribution in [0.25, 0.3) is 0 Å². The number of nitrogens with one attached hydrogen (secondary N) is 2. The largest absolute Gasteiger partial charge is 0.478 e. The summed E-state index contributed by atoms with van der Waals surface area (Å²) in [6, 6.07) is 7.32. The van der Waals surface area contributed by atoms with Gasteiger partial charge in [0.1, 0.15) is 0 Å². The fourth-order valence-corrected chi connectivity index (χ4v) is 2.96. The van der Waals surface area contributed by atoms with E-state index in [-0.39, 0.29) is 10.6 Å². The topological polar surface area (TPSA) is 111 Å². The average Bonchev–Trinajstić information content (AvgIpc) is 2.71. The standard InChI is InChI=1S/C18H15F4N3O5S/c1-10(30-14-5-3-2-4-12(14)19)17(27)24-23-16(26)9-31-15-7-6-11(18(20,21)22)8-13(15)25(28)29/h2-8,10H,9H2,1H3,(H,23,26)(H,24,27). The van der Waals surface area contributed by atoms with Crippen molar-refractivity contribution in [3.63, 3.8) is 0 Å². The number of para-hydroxylation sites is 1. The molecule has 2 aromatic carbocycles. The van der Waals surface area contributed by atoms with Crippen LogP contribution < -0.4 is 15.6 Å². The van der Waals surface area contributed by atoms with Gasteiger partial charge >= 0.3 is 6.18 Å². The molecule has 2 rings (SSSR count). The Bertz CT molecular complexity index is 987. The Morgan fingerprint density at radius 3 is 2.48 bits per heavy atom. The van der Waals surface area contributed by atoms with Gasteiger partial charge in [-0.25, -0.2) is 4.39 Å². The van der Waals surface area contributed by atoms with Crippen molar-refractivity contribution in [3.8, 4) is 5.75 Å². The molecule has 0 bridgehead atoms. The first-order valence-electron chi connectivity index (χ1n) is 8.47. The van der Waals surface area contributed by atoms with Gasteiger partial charge in [0.25, 0.3) is 11.6 Å². The normalized spacial score (nSPS) is 12.0. The minimum Gasteiger partial charge on any atom is -0.478 e. The molecule has 0 aliphatic rings. The third-order valence-corrected chi connectivity index (χ3v) is 4.74. The molecule has 2 N–H and O–H groups in total. The predicted octanol–water partition coefficient (Wildman–Crippen LogP) is 3.46. The maximum absolute atomic E-state index is 13.5. The minimum absolute atomic E-state index is 0.157. The van der Waals surface area contributed by atoms with Crippen LogP contribution >= 0.6 is 11.8 Å². The summed E-state index contributed by atoms with van der Waals surface area (Å²) in [5, 5.41) is 11.0. The Balaban J connectivity index is 1.90. The summed E-state index contributed by atoms with van der Waals surface area (Å²) in [6.45, 7) is 1.31. The van der Waals surface area contributed by atoms with Crippen molar-refractivity contribution in [1.82, 2.24) is 10.9 Å². The molecular weight excluding hydrogens is 446 g/mol. The van der Waals surface area contributed by atoms with Crippen LogP contribution in [0.2, 0.25) is 0 Å². The number of carbonyl (C=O) groups excluding carboxylic acids is 2. The smallest absolute Gasteiger partial charge is 0.416 e. The number of nitro groups is 1. The van der Waals surface area contributed by atoms with E-state index in [4.69, 9.17) is 4.74 Å². The first kappa shape index (κ1) is 23.9. The summed E-state index contributed by atoms with van der Waals surface area (Å²) >= 11 is 0.614. The van der Waals surface area contributed by atoms with Crippen LogP contribution in [0.5, 0.6) is 5.75 Å². The number of nitro benzene ring substituents is 1. The molecule has 0 heterocycles. The van der Waals surface area contributed by atoms with Crippen molar-refractivity contribution in [2.75, 3.05) is 5.75 Å². The molecule has 1 unspecified atom stereocenters. The van der Waals surface area contributed by atoms with Crippen LogP contribution in [0.4, 0.5) is 23.2 Å². The van der Waals surface area contributed by atoms with E-state index in [1.807, 2.05) is 10.9 Å². The number of halogens is 4. The van der Waals surface area contributed by atoms with E-state index in [1.54, 1.807) is 0 Å². The first-order chi connectivity index (χ1) is 14.5. The van der Waals surface area contributed by atoms with Gasteiger partial charge in [0.05, 0.1) is 21.1 Å². The highest BCUT2D eigenvalue weighted by molar-refractivity contribution is 8.00. The van der Waals surface area contributed by atoms with Crippen LogP contribution in [0.3, 0.4) is 0 Å². The third-order valence-electron chi connectivity index (χ3n) is 3.68. The number of benzene rings is 2. The van der Waals surface area contributed by atoms with Gasteiger partial charge in [0, 0.05) is 6.07 Å².